The van der Waals surface area contributed by atoms with E-state index in [4.69, 9.17) is 9.84 Å². The van der Waals surface area contributed by atoms with Gasteiger partial charge in [0.25, 0.3) is 0 Å². The summed E-state index contributed by atoms with van der Waals surface area (Å²) in [7, 11) is 1.65. The number of aromatic nitrogens is 2. The second-order valence-corrected chi connectivity index (χ2v) is 4.86. The number of aliphatic hydroxyl groups excluding tert-OH is 1. The Morgan fingerprint density at radius 2 is 2.00 bits per heavy atom. The van der Waals surface area contributed by atoms with Crippen LogP contribution in [0.5, 0.6) is 5.75 Å². The van der Waals surface area contributed by atoms with Crippen LogP contribution in [0.25, 0.3) is 17.1 Å². The molecule has 2 aromatic carbocycles. The minimum absolute atomic E-state index is 0.137. The average Bonchev–Trinajstić information content (AvgIpc) is 3.10. The fourth-order valence-corrected chi connectivity index (χ4v) is 2.33. The van der Waals surface area contributed by atoms with Crippen LogP contribution in [0.3, 0.4) is 0 Å². The van der Waals surface area contributed by atoms with Crippen molar-refractivity contribution in [3.8, 4) is 34.7 Å². The first-order valence-corrected chi connectivity index (χ1v) is 7.20. The molecule has 1 heterocycles. The molecule has 3 rings (SSSR count). The summed E-state index contributed by atoms with van der Waals surface area (Å²) in [6.45, 7) is -0.137. The highest BCUT2D eigenvalue weighted by Gasteiger charge is 2.08. The van der Waals surface area contributed by atoms with E-state index in [0.29, 0.717) is 0 Å². The van der Waals surface area contributed by atoms with Crippen LogP contribution in [-0.2, 0) is 0 Å². The lowest BCUT2D eigenvalue weighted by molar-refractivity contribution is 0.350. The molecule has 1 N–H and O–H groups in total. The third-order valence-electron chi connectivity index (χ3n) is 3.43. The molecule has 0 aliphatic heterocycles. The minimum atomic E-state index is -0.137. The maximum absolute atomic E-state index is 8.74. The zero-order valence-electron chi connectivity index (χ0n) is 12.7. The fraction of sp³-hybridized carbons (Fsp3) is 0.105. The Bertz CT molecular complexity index is 855. The highest BCUT2D eigenvalue weighted by molar-refractivity contribution is 5.60. The van der Waals surface area contributed by atoms with Crippen LogP contribution < -0.4 is 4.74 Å². The predicted octanol–water partition coefficient (Wildman–Crippen LogP) is 2.89. The summed E-state index contributed by atoms with van der Waals surface area (Å²) >= 11 is 0. The number of ether oxygens (including phenoxy) is 1. The topological polar surface area (TPSA) is 47.3 Å². The van der Waals surface area contributed by atoms with E-state index in [1.165, 1.54) is 0 Å². The van der Waals surface area contributed by atoms with Gasteiger partial charge in [-0.05, 0) is 24.3 Å². The Kier molecular flexibility index (Phi) is 4.41. The van der Waals surface area contributed by atoms with Gasteiger partial charge in [0.1, 0.15) is 18.2 Å². The van der Waals surface area contributed by atoms with Crippen molar-refractivity contribution < 1.29 is 9.84 Å². The summed E-state index contributed by atoms with van der Waals surface area (Å²) in [5.41, 5.74) is 2.84. The van der Waals surface area contributed by atoms with Gasteiger partial charge in [0.05, 0.1) is 12.8 Å². The first-order chi connectivity index (χ1) is 11.3. The van der Waals surface area contributed by atoms with Gasteiger partial charge in [0.15, 0.2) is 0 Å². The summed E-state index contributed by atoms with van der Waals surface area (Å²) in [5.74, 6) is 7.17. The lowest BCUT2D eigenvalue weighted by Crippen LogP contribution is -1.97. The second-order valence-electron chi connectivity index (χ2n) is 4.86. The molecule has 114 valence electrons. The van der Waals surface area contributed by atoms with Crippen LogP contribution in [0.2, 0.25) is 0 Å². The van der Waals surface area contributed by atoms with Crippen molar-refractivity contribution >= 4 is 0 Å². The summed E-state index contributed by atoms with van der Waals surface area (Å²) in [6, 6.07) is 15.6. The number of nitrogens with zero attached hydrogens (tertiary/aromatic N) is 2. The van der Waals surface area contributed by atoms with Crippen LogP contribution in [0.1, 0.15) is 5.56 Å². The third kappa shape index (κ3) is 3.25. The molecule has 0 spiro atoms. The molecule has 0 amide bonds. The molecule has 0 unspecified atom stereocenters. The molecule has 0 atom stereocenters. The lowest BCUT2D eigenvalue weighted by Gasteiger charge is -2.09. The number of rotatable bonds is 3. The van der Waals surface area contributed by atoms with Crippen molar-refractivity contribution in [3.05, 3.63) is 66.5 Å². The smallest absolute Gasteiger partial charge is 0.144 e. The van der Waals surface area contributed by atoms with Crippen LogP contribution in [-0.4, -0.2) is 28.4 Å². The zero-order chi connectivity index (χ0) is 16.1. The van der Waals surface area contributed by atoms with E-state index < -0.39 is 0 Å². The van der Waals surface area contributed by atoms with Gasteiger partial charge in [0, 0.05) is 29.6 Å². The number of imidazole rings is 1. The molecule has 4 nitrogen and oxygen atoms in total. The van der Waals surface area contributed by atoms with Crippen LogP contribution >= 0.6 is 0 Å². The quantitative estimate of drug-likeness (QED) is 0.757. The summed E-state index contributed by atoms with van der Waals surface area (Å²) in [4.78, 5) is 4.46. The van der Waals surface area contributed by atoms with Crippen LogP contribution in [0.15, 0.2) is 60.9 Å². The highest BCUT2D eigenvalue weighted by Crippen LogP contribution is 2.24. The average molecular weight is 304 g/mol. The van der Waals surface area contributed by atoms with E-state index in [2.05, 4.69) is 16.8 Å². The number of hydrogen-bond donors (Lipinski definition) is 1. The SMILES string of the molecule is COc1cccc(-n2ccnc2-c2ccc(C#CCO)cc2)c1. The van der Waals surface area contributed by atoms with Gasteiger partial charge in [-0.1, -0.05) is 30.0 Å². The normalized spacial score (nSPS) is 10.0. The molecule has 1 aromatic heterocycles. The van der Waals surface area contributed by atoms with E-state index in [0.717, 1.165) is 28.4 Å². The summed E-state index contributed by atoms with van der Waals surface area (Å²) in [5, 5.41) is 8.74. The Labute approximate surface area is 135 Å². The molecule has 0 radical (unpaired) electrons. The minimum Gasteiger partial charge on any atom is -0.497 e. The Morgan fingerprint density at radius 1 is 1.17 bits per heavy atom. The van der Waals surface area contributed by atoms with E-state index in [9.17, 15) is 0 Å². The Hall–Kier alpha value is -3.03. The molecule has 0 saturated carbocycles. The summed E-state index contributed by atoms with van der Waals surface area (Å²) in [6.07, 6.45) is 3.69. The van der Waals surface area contributed by atoms with E-state index >= 15 is 0 Å². The molecule has 3 aromatic rings. The van der Waals surface area contributed by atoms with Gasteiger partial charge >= 0.3 is 0 Å². The number of methoxy groups -OCH3 is 1. The number of hydrogen-bond acceptors (Lipinski definition) is 3. The summed E-state index contributed by atoms with van der Waals surface area (Å²) < 4.78 is 7.29. The van der Waals surface area contributed by atoms with Crippen molar-refractivity contribution in [2.24, 2.45) is 0 Å². The maximum atomic E-state index is 8.74. The fourth-order valence-electron chi connectivity index (χ4n) is 2.33. The van der Waals surface area contributed by atoms with E-state index in [1.54, 1.807) is 13.3 Å². The second kappa shape index (κ2) is 6.82. The molecular formula is C19H16N2O2. The molecule has 23 heavy (non-hydrogen) atoms. The van der Waals surface area contributed by atoms with Crippen molar-refractivity contribution in [1.29, 1.82) is 0 Å². The van der Waals surface area contributed by atoms with Crippen molar-refractivity contribution in [2.75, 3.05) is 13.7 Å². The third-order valence-corrected chi connectivity index (χ3v) is 3.43. The molecule has 0 fully saturated rings. The van der Waals surface area contributed by atoms with E-state index in [1.807, 2.05) is 59.3 Å². The molecule has 0 aliphatic rings. The van der Waals surface area contributed by atoms with Crippen molar-refractivity contribution in [3.63, 3.8) is 0 Å². The van der Waals surface area contributed by atoms with Crippen molar-refractivity contribution in [1.82, 2.24) is 9.55 Å². The van der Waals surface area contributed by atoms with Gasteiger partial charge < -0.3 is 9.84 Å². The molecule has 0 saturated heterocycles. The number of aliphatic hydroxyl groups is 1. The predicted molar refractivity (Wildman–Crippen MR) is 89.5 cm³/mol. The van der Waals surface area contributed by atoms with E-state index in [-0.39, 0.29) is 6.61 Å². The molecular weight excluding hydrogens is 288 g/mol. The van der Waals surface area contributed by atoms with Gasteiger partial charge in [-0.3, -0.25) is 4.57 Å². The van der Waals surface area contributed by atoms with Gasteiger partial charge in [-0.15, -0.1) is 0 Å². The van der Waals surface area contributed by atoms with Crippen LogP contribution in [0, 0.1) is 11.8 Å². The Morgan fingerprint density at radius 3 is 2.74 bits per heavy atom. The highest BCUT2D eigenvalue weighted by atomic mass is 16.5. The molecule has 4 heteroatoms. The zero-order valence-corrected chi connectivity index (χ0v) is 12.7. The standard InChI is InChI=1S/C19H16N2O2/c1-23-18-6-2-5-17(14-18)21-12-11-20-19(21)16-9-7-15(8-10-16)4-3-13-22/h2,5-12,14,22H,13H2,1H3. The first kappa shape index (κ1) is 14.9. The van der Waals surface area contributed by atoms with Crippen molar-refractivity contribution in [2.45, 2.75) is 0 Å². The van der Waals surface area contributed by atoms with Gasteiger partial charge in [0.2, 0.25) is 0 Å². The van der Waals surface area contributed by atoms with Gasteiger partial charge in [-0.25, -0.2) is 4.98 Å². The first-order valence-electron chi connectivity index (χ1n) is 7.20. The lowest BCUT2D eigenvalue weighted by atomic mass is 10.1. The largest absolute Gasteiger partial charge is 0.497 e. The molecule has 0 aliphatic carbocycles. The monoisotopic (exact) mass is 304 g/mol. The van der Waals surface area contributed by atoms with Crippen LogP contribution in [0.4, 0.5) is 0 Å². The number of benzene rings is 2. The molecule has 0 bridgehead atoms. The van der Waals surface area contributed by atoms with Gasteiger partial charge in [-0.2, -0.15) is 0 Å². The maximum Gasteiger partial charge on any atom is 0.144 e. The Balaban J connectivity index is 1.97.